The number of hydrogen-bond acceptors (Lipinski definition) is 5. The molecule has 2 aromatic rings. The lowest BCUT2D eigenvalue weighted by molar-refractivity contribution is 0.0956. The molecule has 1 amide bonds. The Hall–Kier alpha value is -2.58. The molecular weight excluding hydrogens is 400 g/mol. The number of amides is 1. The summed E-state index contributed by atoms with van der Waals surface area (Å²) in [6.07, 6.45) is 0. The van der Waals surface area contributed by atoms with E-state index in [9.17, 15) is 13.2 Å². The Morgan fingerprint density at radius 3 is 2.40 bits per heavy atom. The van der Waals surface area contributed by atoms with Crippen LogP contribution in [0.4, 0.5) is 11.4 Å². The van der Waals surface area contributed by atoms with E-state index in [-0.39, 0.29) is 18.2 Å². The van der Waals surface area contributed by atoms with Crippen LogP contribution in [0, 0.1) is 6.92 Å². The van der Waals surface area contributed by atoms with E-state index < -0.39 is 10.0 Å². The quantitative estimate of drug-likeness (QED) is 0.727. The summed E-state index contributed by atoms with van der Waals surface area (Å²) < 4.78 is 26.9. The number of carbonyl (C=O) groups is 1. The Morgan fingerprint density at radius 1 is 1.03 bits per heavy atom. The SMILES string of the molecule is Cc1cccc(N2CCN(S(=O)(=O)CCNC(=O)c3cccc(N(C)C)c3)CC2)c1. The zero-order valence-electron chi connectivity index (χ0n) is 17.8. The fourth-order valence-corrected chi connectivity index (χ4v) is 4.84. The Balaban J connectivity index is 1.50. The van der Waals surface area contributed by atoms with E-state index in [1.165, 1.54) is 9.87 Å². The van der Waals surface area contributed by atoms with Crippen molar-refractivity contribution in [3.05, 3.63) is 59.7 Å². The van der Waals surface area contributed by atoms with Crippen molar-refractivity contribution in [1.82, 2.24) is 9.62 Å². The van der Waals surface area contributed by atoms with Crippen LogP contribution in [-0.4, -0.2) is 71.2 Å². The number of benzene rings is 2. The molecule has 3 rings (SSSR count). The molecule has 0 saturated carbocycles. The van der Waals surface area contributed by atoms with E-state index in [0.29, 0.717) is 31.7 Å². The van der Waals surface area contributed by atoms with Gasteiger partial charge in [-0.15, -0.1) is 0 Å². The fourth-order valence-electron chi connectivity index (χ4n) is 3.50. The van der Waals surface area contributed by atoms with Gasteiger partial charge in [-0.2, -0.15) is 4.31 Å². The number of anilines is 2. The van der Waals surface area contributed by atoms with Gasteiger partial charge in [-0.3, -0.25) is 4.79 Å². The average Bonchev–Trinajstić information content (AvgIpc) is 2.73. The Labute approximate surface area is 179 Å². The number of nitrogens with one attached hydrogen (secondary N) is 1. The van der Waals surface area contributed by atoms with Gasteiger partial charge in [0.05, 0.1) is 5.75 Å². The van der Waals surface area contributed by atoms with Crippen molar-refractivity contribution in [2.24, 2.45) is 0 Å². The lowest BCUT2D eigenvalue weighted by atomic mass is 10.2. The first-order valence-electron chi connectivity index (χ1n) is 10.1. The molecule has 0 unspecified atom stereocenters. The maximum atomic E-state index is 12.7. The van der Waals surface area contributed by atoms with E-state index in [1.807, 2.05) is 37.2 Å². The van der Waals surface area contributed by atoms with E-state index in [4.69, 9.17) is 0 Å². The first kappa shape index (κ1) is 22.1. The maximum absolute atomic E-state index is 12.7. The molecule has 1 aliphatic heterocycles. The molecule has 1 aliphatic rings. The number of aryl methyl sites for hydroxylation is 1. The van der Waals surface area contributed by atoms with Crippen LogP contribution in [0.1, 0.15) is 15.9 Å². The number of sulfonamides is 1. The molecule has 0 radical (unpaired) electrons. The minimum atomic E-state index is -3.41. The van der Waals surface area contributed by atoms with Crippen LogP contribution in [0.2, 0.25) is 0 Å². The molecule has 7 nitrogen and oxygen atoms in total. The summed E-state index contributed by atoms with van der Waals surface area (Å²) in [6.45, 7) is 4.36. The van der Waals surface area contributed by atoms with Crippen molar-refractivity contribution in [2.45, 2.75) is 6.92 Å². The van der Waals surface area contributed by atoms with Crippen molar-refractivity contribution < 1.29 is 13.2 Å². The van der Waals surface area contributed by atoms with Crippen LogP contribution in [-0.2, 0) is 10.0 Å². The van der Waals surface area contributed by atoms with Crippen molar-refractivity contribution in [3.63, 3.8) is 0 Å². The summed E-state index contributed by atoms with van der Waals surface area (Å²) in [6, 6.07) is 15.5. The highest BCUT2D eigenvalue weighted by molar-refractivity contribution is 7.89. The van der Waals surface area contributed by atoms with Crippen molar-refractivity contribution >= 4 is 27.3 Å². The second-order valence-electron chi connectivity index (χ2n) is 7.74. The van der Waals surface area contributed by atoms with Gasteiger partial charge in [0, 0.05) is 63.8 Å². The predicted octanol–water partition coefficient (Wildman–Crippen LogP) is 1.94. The largest absolute Gasteiger partial charge is 0.378 e. The van der Waals surface area contributed by atoms with Crippen molar-refractivity contribution in [1.29, 1.82) is 0 Å². The molecule has 0 atom stereocenters. The third-order valence-electron chi connectivity index (χ3n) is 5.27. The van der Waals surface area contributed by atoms with Gasteiger partial charge in [-0.05, 0) is 42.8 Å². The minimum absolute atomic E-state index is 0.0887. The highest BCUT2D eigenvalue weighted by Gasteiger charge is 2.27. The van der Waals surface area contributed by atoms with Crippen LogP contribution in [0.5, 0.6) is 0 Å². The van der Waals surface area contributed by atoms with Crippen LogP contribution in [0.25, 0.3) is 0 Å². The molecule has 1 fully saturated rings. The summed E-state index contributed by atoms with van der Waals surface area (Å²) in [4.78, 5) is 16.5. The number of hydrogen-bond donors (Lipinski definition) is 1. The molecule has 1 heterocycles. The minimum Gasteiger partial charge on any atom is -0.378 e. The smallest absolute Gasteiger partial charge is 0.251 e. The molecule has 0 aromatic heterocycles. The van der Waals surface area contributed by atoms with Crippen LogP contribution < -0.4 is 15.1 Å². The molecular formula is C22H30N4O3S. The van der Waals surface area contributed by atoms with Gasteiger partial charge in [0.1, 0.15) is 0 Å². The van der Waals surface area contributed by atoms with E-state index in [0.717, 1.165) is 11.4 Å². The topological polar surface area (TPSA) is 73.0 Å². The van der Waals surface area contributed by atoms with Gasteiger partial charge in [-0.25, -0.2) is 8.42 Å². The molecule has 1 saturated heterocycles. The zero-order valence-corrected chi connectivity index (χ0v) is 18.7. The monoisotopic (exact) mass is 430 g/mol. The molecule has 0 aliphatic carbocycles. The van der Waals surface area contributed by atoms with Gasteiger partial charge in [-0.1, -0.05) is 18.2 Å². The number of piperazine rings is 1. The van der Waals surface area contributed by atoms with E-state index >= 15 is 0 Å². The van der Waals surface area contributed by atoms with Gasteiger partial charge >= 0.3 is 0 Å². The lowest BCUT2D eigenvalue weighted by Crippen LogP contribution is -2.50. The summed E-state index contributed by atoms with van der Waals surface area (Å²) in [5.74, 6) is -0.366. The number of nitrogens with zero attached hydrogens (tertiary/aromatic N) is 3. The van der Waals surface area contributed by atoms with E-state index in [2.05, 4.69) is 35.3 Å². The van der Waals surface area contributed by atoms with Gasteiger partial charge in [0.2, 0.25) is 10.0 Å². The Kier molecular flexibility index (Phi) is 6.99. The standard InChI is InChI=1S/C22H30N4O3S/c1-18-6-4-9-21(16-18)25-11-13-26(14-12-25)30(28,29)15-10-23-22(27)19-7-5-8-20(17-19)24(2)3/h4-9,16-17H,10-15H2,1-3H3,(H,23,27). The van der Waals surface area contributed by atoms with E-state index in [1.54, 1.807) is 12.1 Å². The normalized spacial score (nSPS) is 15.1. The fraction of sp³-hybridized carbons (Fsp3) is 0.409. The molecule has 1 N–H and O–H groups in total. The van der Waals surface area contributed by atoms with Crippen molar-refractivity contribution in [3.8, 4) is 0 Å². The van der Waals surface area contributed by atoms with Crippen molar-refractivity contribution in [2.75, 3.05) is 62.4 Å². The first-order valence-corrected chi connectivity index (χ1v) is 11.7. The number of rotatable bonds is 7. The predicted molar refractivity (Wildman–Crippen MR) is 122 cm³/mol. The molecule has 30 heavy (non-hydrogen) atoms. The third-order valence-corrected chi connectivity index (χ3v) is 7.14. The lowest BCUT2D eigenvalue weighted by Gasteiger charge is -2.35. The third kappa shape index (κ3) is 5.52. The Morgan fingerprint density at radius 2 is 1.73 bits per heavy atom. The van der Waals surface area contributed by atoms with Gasteiger partial charge in [0.25, 0.3) is 5.91 Å². The van der Waals surface area contributed by atoms with Gasteiger partial charge < -0.3 is 15.1 Å². The zero-order chi connectivity index (χ0) is 21.7. The summed E-state index contributed by atoms with van der Waals surface area (Å²) in [5, 5.41) is 2.73. The molecule has 0 bridgehead atoms. The Bertz CT molecular complexity index is 983. The second kappa shape index (κ2) is 9.49. The molecule has 2 aromatic carbocycles. The average molecular weight is 431 g/mol. The summed E-state index contributed by atoms with van der Waals surface area (Å²) in [5.41, 5.74) is 3.75. The van der Waals surface area contributed by atoms with Crippen LogP contribution >= 0.6 is 0 Å². The molecule has 162 valence electrons. The highest BCUT2D eigenvalue weighted by Crippen LogP contribution is 2.19. The molecule has 8 heteroatoms. The second-order valence-corrected chi connectivity index (χ2v) is 9.83. The summed E-state index contributed by atoms with van der Waals surface area (Å²) in [7, 11) is 0.397. The number of carbonyl (C=O) groups excluding carboxylic acids is 1. The maximum Gasteiger partial charge on any atom is 0.251 e. The summed E-state index contributed by atoms with van der Waals surface area (Å²) >= 11 is 0. The first-order chi connectivity index (χ1) is 14.3. The molecule has 0 spiro atoms. The van der Waals surface area contributed by atoms with Gasteiger partial charge in [0.15, 0.2) is 0 Å². The van der Waals surface area contributed by atoms with Crippen LogP contribution in [0.3, 0.4) is 0 Å². The van der Waals surface area contributed by atoms with Crippen LogP contribution in [0.15, 0.2) is 48.5 Å². The highest BCUT2D eigenvalue weighted by atomic mass is 32.2.